The Morgan fingerprint density at radius 3 is 3.00 bits per heavy atom. The predicted octanol–water partition coefficient (Wildman–Crippen LogP) is 3.23. The second-order valence-electron chi connectivity index (χ2n) is 6.73. The molecule has 1 aromatic carbocycles. The van der Waals surface area contributed by atoms with Crippen molar-refractivity contribution in [3.63, 3.8) is 0 Å². The van der Waals surface area contributed by atoms with Crippen LogP contribution in [0.5, 0.6) is 0 Å². The highest BCUT2D eigenvalue weighted by atomic mass is 16.5. The first-order chi connectivity index (χ1) is 11.1. The van der Waals surface area contributed by atoms with E-state index in [-0.39, 0.29) is 5.56 Å². The Morgan fingerprint density at radius 1 is 1.35 bits per heavy atom. The lowest BCUT2D eigenvalue weighted by Crippen LogP contribution is -2.25. The lowest BCUT2D eigenvalue weighted by molar-refractivity contribution is 0.0995. The van der Waals surface area contributed by atoms with E-state index in [0.29, 0.717) is 12.6 Å². The van der Waals surface area contributed by atoms with E-state index in [0.717, 1.165) is 42.5 Å². The summed E-state index contributed by atoms with van der Waals surface area (Å²) in [4.78, 5) is 17.4. The largest absolute Gasteiger partial charge is 0.378 e. The van der Waals surface area contributed by atoms with Crippen molar-refractivity contribution in [1.29, 1.82) is 0 Å². The zero-order valence-corrected chi connectivity index (χ0v) is 14.1. The predicted molar refractivity (Wildman–Crippen MR) is 93.8 cm³/mol. The van der Waals surface area contributed by atoms with Crippen molar-refractivity contribution < 1.29 is 4.74 Å². The zero-order valence-electron chi connectivity index (χ0n) is 14.1. The highest BCUT2D eigenvalue weighted by Gasteiger charge is 2.15. The van der Waals surface area contributed by atoms with Gasteiger partial charge in [-0.25, -0.2) is 0 Å². The number of aryl methyl sites for hydroxylation is 1. The van der Waals surface area contributed by atoms with Gasteiger partial charge in [0, 0.05) is 24.2 Å². The number of rotatable bonds is 6. The minimum absolute atomic E-state index is 0.0207. The number of aromatic amines is 1. The molecule has 3 rings (SSSR count). The van der Waals surface area contributed by atoms with E-state index >= 15 is 0 Å². The Bertz CT molecular complexity index is 717. The number of aromatic nitrogens is 1. The SMILES string of the molecule is Cc1ccc2[nH]c(=O)c(CN(C)CCC[C@H]3CCCO3)cc2c1. The van der Waals surface area contributed by atoms with Crippen molar-refractivity contribution in [3.05, 3.63) is 45.7 Å². The average molecular weight is 314 g/mol. The highest BCUT2D eigenvalue weighted by molar-refractivity contribution is 5.79. The van der Waals surface area contributed by atoms with E-state index < -0.39 is 0 Å². The molecule has 1 atom stereocenters. The molecular formula is C19H26N2O2. The van der Waals surface area contributed by atoms with E-state index in [1.807, 2.05) is 18.2 Å². The molecule has 1 aliphatic rings. The molecule has 23 heavy (non-hydrogen) atoms. The number of fused-ring (bicyclic) bond motifs is 1. The Balaban J connectivity index is 1.60. The fourth-order valence-electron chi connectivity index (χ4n) is 3.32. The van der Waals surface area contributed by atoms with Crippen LogP contribution in [0.2, 0.25) is 0 Å². The van der Waals surface area contributed by atoms with Crippen molar-refractivity contribution in [2.75, 3.05) is 20.2 Å². The van der Waals surface area contributed by atoms with Gasteiger partial charge < -0.3 is 14.6 Å². The molecule has 1 saturated heterocycles. The van der Waals surface area contributed by atoms with E-state index in [9.17, 15) is 4.79 Å². The summed E-state index contributed by atoms with van der Waals surface area (Å²) in [5.74, 6) is 0. The van der Waals surface area contributed by atoms with Crippen LogP contribution in [0.15, 0.2) is 29.1 Å². The molecule has 1 N–H and O–H groups in total. The molecule has 0 aliphatic carbocycles. The number of nitrogens with zero attached hydrogens (tertiary/aromatic N) is 1. The van der Waals surface area contributed by atoms with Crippen LogP contribution in [-0.2, 0) is 11.3 Å². The molecule has 4 heteroatoms. The van der Waals surface area contributed by atoms with E-state index in [2.05, 4.69) is 29.9 Å². The Hall–Kier alpha value is -1.65. The van der Waals surface area contributed by atoms with Gasteiger partial charge in [0.2, 0.25) is 0 Å². The molecule has 2 heterocycles. The molecule has 0 unspecified atom stereocenters. The topological polar surface area (TPSA) is 45.3 Å². The van der Waals surface area contributed by atoms with Gasteiger partial charge in [-0.1, -0.05) is 11.6 Å². The van der Waals surface area contributed by atoms with Crippen molar-refractivity contribution in [1.82, 2.24) is 9.88 Å². The minimum atomic E-state index is 0.0207. The molecule has 0 spiro atoms. The highest BCUT2D eigenvalue weighted by Crippen LogP contribution is 2.17. The van der Waals surface area contributed by atoms with Crippen LogP contribution >= 0.6 is 0 Å². The lowest BCUT2D eigenvalue weighted by Gasteiger charge is -2.17. The van der Waals surface area contributed by atoms with Crippen LogP contribution in [0.4, 0.5) is 0 Å². The molecule has 2 aromatic rings. The number of pyridine rings is 1. The van der Waals surface area contributed by atoms with Crippen LogP contribution in [0.25, 0.3) is 10.9 Å². The van der Waals surface area contributed by atoms with Crippen LogP contribution in [0, 0.1) is 6.92 Å². The molecule has 1 aliphatic heterocycles. The maximum absolute atomic E-state index is 12.2. The molecule has 0 saturated carbocycles. The Kier molecular flexibility index (Phi) is 5.13. The first-order valence-corrected chi connectivity index (χ1v) is 8.54. The van der Waals surface area contributed by atoms with Crippen molar-refractivity contribution in [3.8, 4) is 0 Å². The number of nitrogens with one attached hydrogen (secondary N) is 1. The fourth-order valence-corrected chi connectivity index (χ4v) is 3.32. The second-order valence-corrected chi connectivity index (χ2v) is 6.73. The summed E-state index contributed by atoms with van der Waals surface area (Å²) in [6.07, 6.45) is 5.10. The number of ether oxygens (including phenoxy) is 1. The van der Waals surface area contributed by atoms with Gasteiger partial charge in [-0.3, -0.25) is 4.79 Å². The molecular weight excluding hydrogens is 288 g/mol. The number of benzene rings is 1. The number of hydrogen-bond acceptors (Lipinski definition) is 3. The molecule has 1 aromatic heterocycles. The summed E-state index contributed by atoms with van der Waals surface area (Å²) in [5, 5.41) is 1.10. The molecule has 1 fully saturated rings. The quantitative estimate of drug-likeness (QED) is 0.890. The standard InChI is InChI=1S/C19H26N2O2/c1-14-7-8-18-15(11-14)12-16(19(22)20-18)13-21(2)9-3-5-17-6-4-10-23-17/h7-8,11-12,17H,3-6,9-10,13H2,1-2H3,(H,20,22)/t17-/m0/s1. The van der Waals surface area contributed by atoms with E-state index in [1.165, 1.54) is 18.4 Å². The normalized spacial score (nSPS) is 18.1. The van der Waals surface area contributed by atoms with Gasteiger partial charge in [0.25, 0.3) is 5.56 Å². The minimum Gasteiger partial charge on any atom is -0.378 e. The van der Waals surface area contributed by atoms with E-state index in [4.69, 9.17) is 4.74 Å². The van der Waals surface area contributed by atoms with Crippen molar-refractivity contribution in [2.24, 2.45) is 0 Å². The molecule has 124 valence electrons. The lowest BCUT2D eigenvalue weighted by atomic mass is 10.1. The zero-order chi connectivity index (χ0) is 16.2. The molecule has 0 bridgehead atoms. The monoisotopic (exact) mass is 314 g/mol. The van der Waals surface area contributed by atoms with Crippen molar-refractivity contribution in [2.45, 2.75) is 45.3 Å². The van der Waals surface area contributed by atoms with Crippen LogP contribution < -0.4 is 5.56 Å². The van der Waals surface area contributed by atoms with Crippen molar-refractivity contribution >= 4 is 10.9 Å². The smallest absolute Gasteiger partial charge is 0.252 e. The maximum atomic E-state index is 12.2. The third-order valence-corrected chi connectivity index (χ3v) is 4.61. The van der Waals surface area contributed by atoms with Gasteiger partial charge in [-0.15, -0.1) is 0 Å². The summed E-state index contributed by atoms with van der Waals surface area (Å²) in [6, 6.07) is 8.14. The van der Waals surface area contributed by atoms with Crippen LogP contribution in [0.1, 0.15) is 36.8 Å². The van der Waals surface area contributed by atoms with Gasteiger partial charge in [0.05, 0.1) is 6.10 Å². The summed E-state index contributed by atoms with van der Waals surface area (Å²) in [7, 11) is 2.08. The Labute approximate surface area is 137 Å². The molecule has 0 radical (unpaired) electrons. The van der Waals surface area contributed by atoms with Gasteiger partial charge in [-0.05, 0) is 69.8 Å². The third-order valence-electron chi connectivity index (χ3n) is 4.61. The molecule has 0 amide bonds. The van der Waals surface area contributed by atoms with E-state index in [1.54, 1.807) is 0 Å². The first kappa shape index (κ1) is 16.2. The van der Waals surface area contributed by atoms with Gasteiger partial charge >= 0.3 is 0 Å². The van der Waals surface area contributed by atoms with Gasteiger partial charge in [0.15, 0.2) is 0 Å². The summed E-state index contributed by atoms with van der Waals surface area (Å²) >= 11 is 0. The van der Waals surface area contributed by atoms with Gasteiger partial charge in [0.1, 0.15) is 0 Å². The third kappa shape index (κ3) is 4.21. The summed E-state index contributed by atoms with van der Waals surface area (Å²) in [5.41, 5.74) is 2.97. The van der Waals surface area contributed by atoms with Gasteiger partial charge in [-0.2, -0.15) is 0 Å². The summed E-state index contributed by atoms with van der Waals surface area (Å²) in [6.45, 7) is 4.67. The van der Waals surface area contributed by atoms with Crippen LogP contribution in [0.3, 0.4) is 0 Å². The first-order valence-electron chi connectivity index (χ1n) is 8.54. The second kappa shape index (κ2) is 7.28. The van der Waals surface area contributed by atoms with Crippen LogP contribution in [-0.4, -0.2) is 36.2 Å². The Morgan fingerprint density at radius 2 is 2.22 bits per heavy atom. The number of H-pyrrole nitrogens is 1. The number of hydrogen-bond donors (Lipinski definition) is 1. The molecule has 4 nitrogen and oxygen atoms in total. The fraction of sp³-hybridized carbons (Fsp3) is 0.526. The summed E-state index contributed by atoms with van der Waals surface area (Å²) < 4.78 is 5.66. The maximum Gasteiger partial charge on any atom is 0.252 e. The average Bonchev–Trinajstić information content (AvgIpc) is 3.02.